The van der Waals surface area contributed by atoms with E-state index in [0.717, 1.165) is 12.8 Å². The Morgan fingerprint density at radius 3 is 2.94 bits per heavy atom. The molecule has 17 heavy (non-hydrogen) atoms. The van der Waals surface area contributed by atoms with Crippen molar-refractivity contribution in [3.05, 3.63) is 22.3 Å². The number of pyridine rings is 1. The Morgan fingerprint density at radius 2 is 2.24 bits per heavy atom. The number of anilines is 1. The highest BCUT2D eigenvalue weighted by Crippen LogP contribution is 2.17. The van der Waals surface area contributed by atoms with Crippen molar-refractivity contribution < 1.29 is 4.79 Å². The first-order chi connectivity index (χ1) is 8.15. The molecule has 1 aromatic heterocycles. The minimum Gasteiger partial charge on any atom is -0.384 e. The van der Waals surface area contributed by atoms with Gasteiger partial charge in [0.25, 0.3) is 5.91 Å². The van der Waals surface area contributed by atoms with Crippen molar-refractivity contribution in [2.75, 3.05) is 12.3 Å². The van der Waals surface area contributed by atoms with Gasteiger partial charge in [-0.05, 0) is 28.4 Å². The van der Waals surface area contributed by atoms with Gasteiger partial charge >= 0.3 is 0 Å². The van der Waals surface area contributed by atoms with Crippen molar-refractivity contribution in [3.8, 4) is 0 Å². The molecular weight excluding hydrogens is 282 g/mol. The summed E-state index contributed by atoms with van der Waals surface area (Å²) in [4.78, 5) is 15.7. The highest BCUT2D eigenvalue weighted by Gasteiger charge is 2.10. The molecule has 0 saturated heterocycles. The maximum absolute atomic E-state index is 11.8. The Kier molecular flexibility index (Phi) is 5.97. The number of amides is 1. The summed E-state index contributed by atoms with van der Waals surface area (Å²) in [5, 5.41) is 2.87. The van der Waals surface area contributed by atoms with Crippen molar-refractivity contribution in [3.63, 3.8) is 0 Å². The van der Waals surface area contributed by atoms with Gasteiger partial charge in [0.05, 0.1) is 5.56 Å². The molecule has 1 amide bonds. The molecule has 5 heteroatoms. The second kappa shape index (κ2) is 7.27. The Balaban J connectivity index is 2.44. The predicted molar refractivity (Wildman–Crippen MR) is 72.8 cm³/mol. The van der Waals surface area contributed by atoms with Crippen LogP contribution in [0, 0.1) is 0 Å². The summed E-state index contributed by atoms with van der Waals surface area (Å²) >= 11 is 3.29. The number of nitrogens with one attached hydrogen (secondary N) is 1. The number of hydrogen-bond acceptors (Lipinski definition) is 3. The second-order valence-electron chi connectivity index (χ2n) is 3.91. The molecule has 0 spiro atoms. The van der Waals surface area contributed by atoms with Crippen LogP contribution in [0.2, 0.25) is 0 Å². The van der Waals surface area contributed by atoms with Crippen LogP contribution >= 0.6 is 15.9 Å². The van der Waals surface area contributed by atoms with E-state index in [9.17, 15) is 4.79 Å². The fraction of sp³-hybridized carbons (Fsp3) is 0.500. The van der Waals surface area contributed by atoms with Crippen molar-refractivity contribution in [2.24, 2.45) is 0 Å². The van der Waals surface area contributed by atoms with Gasteiger partial charge < -0.3 is 11.1 Å². The van der Waals surface area contributed by atoms with Gasteiger partial charge in [-0.3, -0.25) is 4.79 Å². The standard InChI is InChI=1S/C12H18BrN3O/c1-2-3-4-5-6-15-12(17)9-7-11(14)16-8-10(9)13/h7-8H,2-6H2,1H3,(H2,14,16)(H,15,17). The van der Waals surface area contributed by atoms with Gasteiger partial charge in [0.1, 0.15) is 5.82 Å². The van der Waals surface area contributed by atoms with Gasteiger partial charge in [-0.25, -0.2) is 4.98 Å². The molecule has 1 rings (SSSR count). The first kappa shape index (κ1) is 14.0. The van der Waals surface area contributed by atoms with E-state index in [1.165, 1.54) is 12.8 Å². The molecule has 94 valence electrons. The summed E-state index contributed by atoms with van der Waals surface area (Å²) < 4.78 is 0.665. The van der Waals surface area contributed by atoms with Crippen LogP contribution in [0.15, 0.2) is 16.7 Å². The third-order valence-corrected chi connectivity index (χ3v) is 3.07. The smallest absolute Gasteiger partial charge is 0.252 e. The highest BCUT2D eigenvalue weighted by atomic mass is 79.9. The van der Waals surface area contributed by atoms with Crippen LogP contribution < -0.4 is 11.1 Å². The van der Waals surface area contributed by atoms with Crippen LogP contribution in [0.5, 0.6) is 0 Å². The second-order valence-corrected chi connectivity index (χ2v) is 4.76. The lowest BCUT2D eigenvalue weighted by Gasteiger charge is -2.07. The molecule has 1 heterocycles. The van der Waals surface area contributed by atoms with E-state index < -0.39 is 0 Å². The first-order valence-corrected chi connectivity index (χ1v) is 6.63. The zero-order valence-corrected chi connectivity index (χ0v) is 11.6. The lowest BCUT2D eigenvalue weighted by atomic mass is 10.2. The molecular formula is C12H18BrN3O. The molecule has 0 fully saturated rings. The van der Waals surface area contributed by atoms with E-state index in [2.05, 4.69) is 33.2 Å². The molecule has 0 unspecified atom stereocenters. The molecule has 0 radical (unpaired) electrons. The average Bonchev–Trinajstić information content (AvgIpc) is 2.32. The lowest BCUT2D eigenvalue weighted by Crippen LogP contribution is -2.25. The molecule has 0 aliphatic heterocycles. The summed E-state index contributed by atoms with van der Waals surface area (Å²) in [5.74, 6) is 0.242. The van der Waals surface area contributed by atoms with Crippen molar-refractivity contribution in [1.82, 2.24) is 10.3 Å². The van der Waals surface area contributed by atoms with Gasteiger partial charge in [-0.15, -0.1) is 0 Å². The zero-order valence-electron chi connectivity index (χ0n) is 10.0. The van der Waals surface area contributed by atoms with Crippen LogP contribution in [0.4, 0.5) is 5.82 Å². The van der Waals surface area contributed by atoms with Crippen LogP contribution in [0.3, 0.4) is 0 Å². The lowest BCUT2D eigenvalue weighted by molar-refractivity contribution is 0.0952. The third-order valence-electron chi connectivity index (χ3n) is 2.44. The number of aromatic nitrogens is 1. The minimum atomic E-state index is -0.109. The van der Waals surface area contributed by atoms with Gasteiger partial charge in [0.15, 0.2) is 0 Å². The number of nitrogens with zero attached hydrogens (tertiary/aromatic N) is 1. The number of nitrogen functional groups attached to an aromatic ring is 1. The fourth-order valence-electron chi connectivity index (χ4n) is 1.48. The van der Waals surface area contributed by atoms with E-state index >= 15 is 0 Å². The van der Waals surface area contributed by atoms with E-state index in [-0.39, 0.29) is 5.91 Å². The third kappa shape index (κ3) is 4.73. The Bertz CT molecular complexity index is 382. The van der Waals surface area contributed by atoms with Crippen molar-refractivity contribution in [2.45, 2.75) is 32.6 Å². The highest BCUT2D eigenvalue weighted by molar-refractivity contribution is 9.10. The Hall–Kier alpha value is -1.10. The fourth-order valence-corrected chi connectivity index (χ4v) is 1.87. The van der Waals surface area contributed by atoms with Gasteiger partial charge in [0.2, 0.25) is 0 Å². The molecule has 0 aliphatic rings. The van der Waals surface area contributed by atoms with Crippen LogP contribution in [-0.2, 0) is 0 Å². The first-order valence-electron chi connectivity index (χ1n) is 5.84. The summed E-state index contributed by atoms with van der Waals surface area (Å²) in [6, 6.07) is 1.57. The molecule has 3 N–H and O–H groups in total. The number of carbonyl (C=O) groups excluding carboxylic acids is 1. The van der Waals surface area contributed by atoms with Gasteiger partial charge in [0, 0.05) is 17.2 Å². The van der Waals surface area contributed by atoms with Crippen molar-refractivity contribution >= 4 is 27.7 Å². The zero-order chi connectivity index (χ0) is 12.7. The Labute approximate surface area is 110 Å². The van der Waals surface area contributed by atoms with Crippen LogP contribution in [-0.4, -0.2) is 17.4 Å². The quantitative estimate of drug-likeness (QED) is 0.794. The largest absolute Gasteiger partial charge is 0.384 e. The molecule has 0 atom stereocenters. The maximum atomic E-state index is 11.8. The normalized spacial score (nSPS) is 10.2. The Morgan fingerprint density at radius 1 is 1.47 bits per heavy atom. The molecule has 1 aromatic rings. The van der Waals surface area contributed by atoms with Crippen molar-refractivity contribution in [1.29, 1.82) is 0 Å². The van der Waals surface area contributed by atoms with Crippen LogP contribution in [0.1, 0.15) is 43.0 Å². The summed E-state index contributed by atoms with van der Waals surface area (Å²) in [7, 11) is 0. The molecule has 0 bridgehead atoms. The number of unbranched alkanes of at least 4 members (excludes halogenated alkanes) is 3. The number of carbonyl (C=O) groups is 1. The molecule has 4 nitrogen and oxygen atoms in total. The topological polar surface area (TPSA) is 68.0 Å². The van der Waals surface area contributed by atoms with Crippen LogP contribution in [0.25, 0.3) is 0 Å². The maximum Gasteiger partial charge on any atom is 0.252 e. The van der Waals surface area contributed by atoms with Gasteiger partial charge in [-0.2, -0.15) is 0 Å². The average molecular weight is 300 g/mol. The van der Waals surface area contributed by atoms with E-state index in [1.807, 2.05) is 0 Å². The van der Waals surface area contributed by atoms with Gasteiger partial charge in [-0.1, -0.05) is 26.2 Å². The number of hydrogen-bond donors (Lipinski definition) is 2. The number of rotatable bonds is 6. The SMILES string of the molecule is CCCCCCNC(=O)c1cc(N)ncc1Br. The minimum absolute atomic E-state index is 0.109. The summed E-state index contributed by atoms with van der Waals surface area (Å²) in [6.07, 6.45) is 6.11. The molecule has 0 aromatic carbocycles. The van der Waals surface area contributed by atoms with E-state index in [0.29, 0.717) is 22.4 Å². The predicted octanol–water partition coefficient (Wildman–Crippen LogP) is 2.74. The monoisotopic (exact) mass is 299 g/mol. The number of halogens is 1. The molecule has 0 saturated carbocycles. The molecule has 0 aliphatic carbocycles. The summed E-state index contributed by atoms with van der Waals surface area (Å²) in [6.45, 7) is 2.86. The number of nitrogens with two attached hydrogens (primary N) is 1. The van der Waals surface area contributed by atoms with E-state index in [1.54, 1.807) is 12.3 Å². The van der Waals surface area contributed by atoms with E-state index in [4.69, 9.17) is 5.73 Å². The summed E-state index contributed by atoms with van der Waals surface area (Å²) in [5.41, 5.74) is 6.08.